The first kappa shape index (κ1) is 15.5. The molecule has 0 saturated carbocycles. The predicted molar refractivity (Wildman–Crippen MR) is 90.1 cm³/mol. The number of nitrogens with one attached hydrogen (secondary N) is 1. The van der Waals surface area contributed by atoms with E-state index in [0.29, 0.717) is 0 Å². The van der Waals surface area contributed by atoms with E-state index in [1.165, 1.54) is 11.0 Å². The standard InChI is InChI=1S/C17H19N7O/c25-16(11-23-12-19-21-22-23)24-9-5-4-8-15(24)17-18-10-14(20-17)13-6-2-1-3-7-13/h1-3,6-7,10,12,15H,4-5,8-9,11H2,(H,18,20)/t15-/m1/s1. The van der Waals surface area contributed by atoms with Crippen LogP contribution in [0.1, 0.15) is 31.1 Å². The maximum Gasteiger partial charge on any atom is 0.245 e. The Morgan fingerprint density at radius 3 is 2.92 bits per heavy atom. The Hall–Kier alpha value is -3.03. The van der Waals surface area contributed by atoms with E-state index in [0.717, 1.165) is 42.9 Å². The number of likely N-dealkylation sites (tertiary alicyclic amines) is 1. The highest BCUT2D eigenvalue weighted by atomic mass is 16.2. The maximum absolute atomic E-state index is 12.7. The summed E-state index contributed by atoms with van der Waals surface area (Å²) in [4.78, 5) is 22.5. The number of piperidine rings is 1. The first-order valence-corrected chi connectivity index (χ1v) is 8.42. The van der Waals surface area contributed by atoms with Crippen molar-refractivity contribution in [3.8, 4) is 11.3 Å². The summed E-state index contributed by atoms with van der Waals surface area (Å²) in [5.74, 6) is 0.846. The van der Waals surface area contributed by atoms with Gasteiger partial charge in [-0.1, -0.05) is 30.3 Å². The first-order valence-electron chi connectivity index (χ1n) is 8.42. The van der Waals surface area contributed by atoms with Crippen LogP contribution in [0, 0.1) is 0 Å². The fourth-order valence-electron chi connectivity index (χ4n) is 3.27. The third-order valence-corrected chi connectivity index (χ3v) is 4.51. The Labute approximate surface area is 144 Å². The molecule has 1 aliphatic heterocycles. The fraction of sp³-hybridized carbons (Fsp3) is 0.353. The molecule has 0 bridgehead atoms. The van der Waals surface area contributed by atoms with Crippen molar-refractivity contribution in [3.05, 3.63) is 48.7 Å². The molecule has 4 rings (SSSR count). The molecule has 1 saturated heterocycles. The van der Waals surface area contributed by atoms with Crippen LogP contribution in [0.3, 0.4) is 0 Å². The lowest BCUT2D eigenvalue weighted by molar-refractivity contribution is -0.136. The lowest BCUT2D eigenvalue weighted by Gasteiger charge is -2.34. The minimum atomic E-state index is -0.0322. The Morgan fingerprint density at radius 2 is 2.12 bits per heavy atom. The number of nitrogens with zero attached hydrogens (tertiary/aromatic N) is 6. The zero-order valence-corrected chi connectivity index (χ0v) is 13.7. The monoisotopic (exact) mass is 337 g/mol. The van der Waals surface area contributed by atoms with E-state index in [1.807, 2.05) is 41.4 Å². The molecule has 1 fully saturated rings. The lowest BCUT2D eigenvalue weighted by Crippen LogP contribution is -2.40. The highest BCUT2D eigenvalue weighted by molar-refractivity contribution is 5.76. The van der Waals surface area contributed by atoms with Crippen LogP contribution in [0.15, 0.2) is 42.9 Å². The van der Waals surface area contributed by atoms with Crippen molar-refractivity contribution >= 4 is 5.91 Å². The van der Waals surface area contributed by atoms with Gasteiger partial charge < -0.3 is 9.88 Å². The Balaban J connectivity index is 1.55. The van der Waals surface area contributed by atoms with Crippen LogP contribution in [0.2, 0.25) is 0 Å². The molecule has 8 heteroatoms. The number of hydrogen-bond acceptors (Lipinski definition) is 5. The largest absolute Gasteiger partial charge is 0.340 e. The van der Waals surface area contributed by atoms with E-state index in [9.17, 15) is 4.79 Å². The molecule has 0 aliphatic carbocycles. The number of benzene rings is 1. The van der Waals surface area contributed by atoms with Crippen LogP contribution in [-0.4, -0.2) is 47.5 Å². The molecule has 128 valence electrons. The molecule has 2 aromatic heterocycles. The van der Waals surface area contributed by atoms with E-state index >= 15 is 0 Å². The third-order valence-electron chi connectivity index (χ3n) is 4.51. The predicted octanol–water partition coefficient (Wildman–Crippen LogP) is 1.82. The van der Waals surface area contributed by atoms with E-state index in [2.05, 4.69) is 25.5 Å². The van der Waals surface area contributed by atoms with Gasteiger partial charge in [0.25, 0.3) is 0 Å². The summed E-state index contributed by atoms with van der Waals surface area (Å²) in [5.41, 5.74) is 2.05. The SMILES string of the molecule is O=C(Cn1cnnn1)N1CCCC[C@@H]1c1ncc(-c2ccccc2)[nH]1. The molecule has 1 atom stereocenters. The molecule has 1 aliphatic rings. The number of aromatic amines is 1. The van der Waals surface area contributed by atoms with Gasteiger partial charge in [-0.2, -0.15) is 0 Å². The number of H-pyrrole nitrogens is 1. The van der Waals surface area contributed by atoms with Crippen molar-refractivity contribution in [2.24, 2.45) is 0 Å². The zero-order valence-electron chi connectivity index (χ0n) is 13.7. The smallest absolute Gasteiger partial charge is 0.245 e. The highest BCUT2D eigenvalue weighted by Gasteiger charge is 2.30. The van der Waals surface area contributed by atoms with Crippen molar-refractivity contribution in [1.82, 2.24) is 35.1 Å². The number of tetrazole rings is 1. The van der Waals surface area contributed by atoms with Gasteiger partial charge in [0.1, 0.15) is 18.7 Å². The molecule has 0 unspecified atom stereocenters. The van der Waals surface area contributed by atoms with Crippen LogP contribution >= 0.6 is 0 Å². The van der Waals surface area contributed by atoms with Gasteiger partial charge in [-0.05, 0) is 35.3 Å². The minimum Gasteiger partial charge on any atom is -0.340 e. The summed E-state index contributed by atoms with van der Waals surface area (Å²) in [6.07, 6.45) is 6.29. The van der Waals surface area contributed by atoms with Gasteiger partial charge in [0.2, 0.25) is 5.91 Å². The Bertz CT molecular complexity index is 828. The van der Waals surface area contributed by atoms with Crippen LogP contribution in [0.25, 0.3) is 11.3 Å². The van der Waals surface area contributed by atoms with Crippen molar-refractivity contribution < 1.29 is 4.79 Å². The van der Waals surface area contributed by atoms with E-state index in [4.69, 9.17) is 0 Å². The molecule has 0 spiro atoms. The molecule has 1 N–H and O–H groups in total. The summed E-state index contributed by atoms with van der Waals surface area (Å²) in [6.45, 7) is 0.878. The quantitative estimate of drug-likeness (QED) is 0.784. The maximum atomic E-state index is 12.7. The highest BCUT2D eigenvalue weighted by Crippen LogP contribution is 2.30. The van der Waals surface area contributed by atoms with E-state index in [1.54, 1.807) is 0 Å². The second-order valence-electron chi connectivity index (χ2n) is 6.15. The zero-order chi connectivity index (χ0) is 17.1. The molecule has 1 amide bonds. The molecule has 1 aromatic carbocycles. The second-order valence-corrected chi connectivity index (χ2v) is 6.15. The van der Waals surface area contributed by atoms with E-state index < -0.39 is 0 Å². The number of aromatic nitrogens is 6. The van der Waals surface area contributed by atoms with Crippen LogP contribution < -0.4 is 0 Å². The van der Waals surface area contributed by atoms with E-state index in [-0.39, 0.29) is 18.5 Å². The number of carbonyl (C=O) groups is 1. The average molecular weight is 337 g/mol. The van der Waals surface area contributed by atoms with Crippen LogP contribution in [0.5, 0.6) is 0 Å². The van der Waals surface area contributed by atoms with Crippen LogP contribution in [-0.2, 0) is 11.3 Å². The van der Waals surface area contributed by atoms with Gasteiger partial charge in [0.05, 0.1) is 17.9 Å². The molecule has 25 heavy (non-hydrogen) atoms. The third kappa shape index (κ3) is 3.28. The summed E-state index contributed by atoms with van der Waals surface area (Å²) in [6, 6.07) is 10.0. The number of imidazole rings is 1. The molecule has 8 nitrogen and oxygen atoms in total. The van der Waals surface area contributed by atoms with Crippen LogP contribution in [0.4, 0.5) is 0 Å². The fourth-order valence-corrected chi connectivity index (χ4v) is 3.27. The Kier molecular flexibility index (Phi) is 4.24. The summed E-state index contributed by atoms with van der Waals surface area (Å²) < 4.78 is 1.45. The van der Waals surface area contributed by atoms with Crippen molar-refractivity contribution in [2.75, 3.05) is 6.54 Å². The molecule has 3 aromatic rings. The topological polar surface area (TPSA) is 92.6 Å². The summed E-state index contributed by atoms with van der Waals surface area (Å²) >= 11 is 0. The van der Waals surface area contributed by atoms with Crippen molar-refractivity contribution in [2.45, 2.75) is 31.8 Å². The van der Waals surface area contributed by atoms with Gasteiger partial charge in [0, 0.05) is 6.54 Å². The van der Waals surface area contributed by atoms with Crippen molar-refractivity contribution in [1.29, 1.82) is 0 Å². The molecule has 3 heterocycles. The van der Waals surface area contributed by atoms with Gasteiger partial charge in [-0.15, -0.1) is 5.10 Å². The molecular formula is C17H19N7O. The van der Waals surface area contributed by atoms with Gasteiger partial charge in [-0.25, -0.2) is 9.67 Å². The normalized spacial score (nSPS) is 17.6. The van der Waals surface area contributed by atoms with Gasteiger partial charge >= 0.3 is 0 Å². The van der Waals surface area contributed by atoms with Crippen molar-refractivity contribution in [3.63, 3.8) is 0 Å². The number of rotatable bonds is 4. The van der Waals surface area contributed by atoms with Gasteiger partial charge in [-0.3, -0.25) is 4.79 Å². The number of carbonyl (C=O) groups excluding carboxylic acids is 1. The molecule has 0 radical (unpaired) electrons. The van der Waals surface area contributed by atoms with Gasteiger partial charge in [0.15, 0.2) is 0 Å². The lowest BCUT2D eigenvalue weighted by atomic mass is 10.0. The minimum absolute atomic E-state index is 0.00895. The number of hydrogen-bond donors (Lipinski definition) is 1. The summed E-state index contributed by atoms with van der Waals surface area (Å²) in [5, 5.41) is 10.9. The molecular weight excluding hydrogens is 318 g/mol. The second kappa shape index (κ2) is 6.84. The average Bonchev–Trinajstić information content (AvgIpc) is 3.34. The summed E-state index contributed by atoms with van der Waals surface area (Å²) in [7, 11) is 0. The Morgan fingerprint density at radius 1 is 1.24 bits per heavy atom. The first-order chi connectivity index (χ1) is 12.3. The number of amides is 1.